The minimum Gasteiger partial charge on any atom is -0.507 e. The molecular formula is C30H23N3O3S. The number of phenolic OH excluding ortho intramolecular Hbond substituents is 1. The lowest BCUT2D eigenvalue weighted by atomic mass is 9.97. The summed E-state index contributed by atoms with van der Waals surface area (Å²) in [5.41, 5.74) is 3.60. The molecule has 0 aliphatic carbocycles. The number of thioether (sulfide) groups is 1. The molecule has 6 nitrogen and oxygen atoms in total. The van der Waals surface area contributed by atoms with Gasteiger partial charge in [0.05, 0.1) is 23.8 Å². The molecule has 0 bridgehead atoms. The van der Waals surface area contributed by atoms with Gasteiger partial charge in [0, 0.05) is 12.0 Å². The molecular weight excluding hydrogens is 482 g/mol. The number of nitrogens with zero attached hydrogens (tertiary/aromatic N) is 3. The molecule has 1 unspecified atom stereocenters. The Labute approximate surface area is 218 Å². The van der Waals surface area contributed by atoms with E-state index in [9.17, 15) is 9.90 Å². The van der Waals surface area contributed by atoms with Gasteiger partial charge in [-0.25, -0.2) is 5.01 Å². The summed E-state index contributed by atoms with van der Waals surface area (Å²) in [6.45, 7) is 0. The minimum atomic E-state index is -0.306. The van der Waals surface area contributed by atoms with Crippen molar-refractivity contribution in [3.63, 3.8) is 0 Å². The second-order valence-electron chi connectivity index (χ2n) is 8.82. The van der Waals surface area contributed by atoms with Gasteiger partial charge in [0.25, 0.3) is 0 Å². The zero-order chi connectivity index (χ0) is 25.4. The Kier molecular flexibility index (Phi) is 5.98. The number of ether oxygens (including phenoxy) is 1. The summed E-state index contributed by atoms with van der Waals surface area (Å²) >= 11 is 1.04. The van der Waals surface area contributed by atoms with Gasteiger partial charge in [-0.05, 0) is 64.0 Å². The van der Waals surface area contributed by atoms with Gasteiger partial charge >= 0.3 is 5.24 Å². The number of carbonyl (C=O) groups is 1. The first-order valence-electron chi connectivity index (χ1n) is 11.9. The van der Waals surface area contributed by atoms with Crippen LogP contribution in [-0.2, 0) is 0 Å². The number of hydrazone groups is 1. The Balaban J connectivity index is 1.44. The SMILES string of the molecule is COc1ccc(C2CC(c3ccc4ccccc4c3)=NN2C2=NC(=O)S/C2=C\c2ccccc2O)cc1. The third-order valence-corrected chi connectivity index (χ3v) is 7.34. The van der Waals surface area contributed by atoms with Crippen LogP contribution in [0.25, 0.3) is 16.8 Å². The smallest absolute Gasteiger partial charge is 0.311 e. The summed E-state index contributed by atoms with van der Waals surface area (Å²) in [6, 6.07) is 29.4. The summed E-state index contributed by atoms with van der Waals surface area (Å²) in [6.07, 6.45) is 2.44. The van der Waals surface area contributed by atoms with E-state index < -0.39 is 0 Å². The number of carbonyl (C=O) groups excluding carboxylic acids is 1. The fourth-order valence-corrected chi connectivity index (χ4v) is 5.38. The van der Waals surface area contributed by atoms with Crippen molar-refractivity contribution in [2.45, 2.75) is 12.5 Å². The maximum Gasteiger partial charge on any atom is 0.311 e. The molecule has 1 N–H and O–H groups in total. The van der Waals surface area contributed by atoms with Crippen LogP contribution < -0.4 is 4.74 Å². The van der Waals surface area contributed by atoms with Crippen LogP contribution in [0.5, 0.6) is 11.5 Å². The monoisotopic (exact) mass is 505 g/mol. The number of amides is 1. The number of methoxy groups -OCH3 is 1. The Morgan fingerprint density at radius 2 is 1.73 bits per heavy atom. The third-order valence-electron chi connectivity index (χ3n) is 6.55. The topological polar surface area (TPSA) is 74.5 Å². The van der Waals surface area contributed by atoms with Crippen molar-refractivity contribution in [1.82, 2.24) is 5.01 Å². The lowest BCUT2D eigenvalue weighted by Crippen LogP contribution is -2.26. The van der Waals surface area contributed by atoms with Gasteiger partial charge in [-0.2, -0.15) is 10.1 Å². The molecule has 182 valence electrons. The van der Waals surface area contributed by atoms with Gasteiger partial charge in [0.15, 0.2) is 5.84 Å². The van der Waals surface area contributed by atoms with Crippen LogP contribution in [0.3, 0.4) is 0 Å². The number of fused-ring (bicyclic) bond motifs is 1. The second kappa shape index (κ2) is 9.59. The maximum atomic E-state index is 12.5. The van der Waals surface area contributed by atoms with Gasteiger partial charge in [-0.15, -0.1) is 0 Å². The number of aliphatic imine (C=N–C) groups is 1. The molecule has 2 aliphatic rings. The van der Waals surface area contributed by atoms with Gasteiger partial charge in [-0.1, -0.05) is 66.7 Å². The van der Waals surface area contributed by atoms with Gasteiger partial charge in [0.2, 0.25) is 0 Å². The van der Waals surface area contributed by atoms with E-state index in [1.807, 2.05) is 47.5 Å². The summed E-state index contributed by atoms with van der Waals surface area (Å²) in [5.74, 6) is 1.39. The minimum absolute atomic E-state index is 0.141. The van der Waals surface area contributed by atoms with E-state index in [1.165, 1.54) is 5.39 Å². The number of aromatic hydroxyl groups is 1. The van der Waals surface area contributed by atoms with Crippen LogP contribution in [-0.4, -0.2) is 34.0 Å². The van der Waals surface area contributed by atoms with Crippen LogP contribution in [0.4, 0.5) is 4.79 Å². The zero-order valence-corrected chi connectivity index (χ0v) is 20.9. The summed E-state index contributed by atoms with van der Waals surface area (Å²) in [7, 11) is 1.64. The highest BCUT2D eigenvalue weighted by Gasteiger charge is 2.37. The molecule has 0 radical (unpaired) electrons. The van der Waals surface area contributed by atoms with Gasteiger partial charge in [-0.3, -0.25) is 4.79 Å². The maximum absolute atomic E-state index is 12.5. The molecule has 1 atom stereocenters. The molecule has 0 aromatic heterocycles. The largest absolute Gasteiger partial charge is 0.507 e. The molecule has 0 saturated carbocycles. The van der Waals surface area contributed by atoms with Crippen LogP contribution in [0.1, 0.15) is 29.2 Å². The molecule has 0 saturated heterocycles. The first-order valence-corrected chi connectivity index (χ1v) is 12.7. The van der Waals surface area contributed by atoms with Crippen molar-refractivity contribution >= 4 is 45.4 Å². The van der Waals surface area contributed by atoms with E-state index in [0.717, 1.165) is 39.7 Å². The van der Waals surface area contributed by atoms with Crippen LogP contribution >= 0.6 is 11.8 Å². The van der Waals surface area contributed by atoms with Crippen LogP contribution in [0.2, 0.25) is 0 Å². The van der Waals surface area contributed by atoms with Crippen molar-refractivity contribution in [2.24, 2.45) is 10.1 Å². The van der Waals surface area contributed by atoms with E-state index in [0.29, 0.717) is 22.7 Å². The summed E-state index contributed by atoms with van der Waals surface area (Å²) < 4.78 is 5.35. The Bertz CT molecular complexity index is 1610. The molecule has 4 aromatic rings. The van der Waals surface area contributed by atoms with E-state index in [2.05, 4.69) is 35.3 Å². The lowest BCUT2D eigenvalue weighted by molar-refractivity contribution is 0.267. The number of hydrogen-bond donors (Lipinski definition) is 1. The van der Waals surface area contributed by atoms with E-state index in [-0.39, 0.29) is 17.0 Å². The number of amidine groups is 1. The number of hydrogen-bond acceptors (Lipinski definition) is 6. The summed E-state index contributed by atoms with van der Waals surface area (Å²) in [4.78, 5) is 17.5. The highest BCUT2D eigenvalue weighted by molar-refractivity contribution is 8.18. The van der Waals surface area contributed by atoms with Crippen LogP contribution in [0, 0.1) is 0 Å². The molecule has 2 aliphatic heterocycles. The Hall–Kier alpha value is -4.36. The number of rotatable bonds is 4. The predicted octanol–water partition coefficient (Wildman–Crippen LogP) is 7.01. The van der Waals surface area contributed by atoms with E-state index in [4.69, 9.17) is 9.84 Å². The average Bonchev–Trinajstić information content (AvgIpc) is 3.53. The molecule has 4 aromatic carbocycles. The van der Waals surface area contributed by atoms with Gasteiger partial charge < -0.3 is 9.84 Å². The number of benzene rings is 4. The standard InChI is InChI=1S/C30H23N3O3S/c1-36-24-14-12-20(13-15-24)26-18-25(22-11-10-19-6-2-3-7-21(19)16-22)32-33(26)29-28(37-30(35)31-29)17-23-8-4-5-9-27(23)34/h2-17,26,34H,18H2,1H3/b28-17-. The van der Waals surface area contributed by atoms with E-state index in [1.54, 1.807) is 31.4 Å². The van der Waals surface area contributed by atoms with Gasteiger partial charge in [0.1, 0.15) is 11.5 Å². The highest BCUT2D eigenvalue weighted by Crippen LogP contribution is 2.40. The number of para-hydroxylation sites is 1. The normalized spacial score (nSPS) is 18.4. The fourth-order valence-electron chi connectivity index (χ4n) is 4.65. The predicted molar refractivity (Wildman–Crippen MR) is 149 cm³/mol. The third kappa shape index (κ3) is 4.49. The molecule has 0 spiro atoms. The van der Waals surface area contributed by atoms with Crippen molar-refractivity contribution in [2.75, 3.05) is 7.11 Å². The molecule has 0 fully saturated rings. The number of phenols is 1. The second-order valence-corrected chi connectivity index (χ2v) is 9.81. The van der Waals surface area contributed by atoms with Crippen molar-refractivity contribution < 1.29 is 14.6 Å². The molecule has 37 heavy (non-hydrogen) atoms. The zero-order valence-electron chi connectivity index (χ0n) is 20.0. The Morgan fingerprint density at radius 3 is 2.51 bits per heavy atom. The lowest BCUT2D eigenvalue weighted by Gasteiger charge is -2.24. The Morgan fingerprint density at radius 1 is 0.973 bits per heavy atom. The van der Waals surface area contributed by atoms with Crippen molar-refractivity contribution in [3.8, 4) is 11.5 Å². The first kappa shape index (κ1) is 23.1. The highest BCUT2D eigenvalue weighted by atomic mass is 32.2. The molecule has 6 rings (SSSR count). The van der Waals surface area contributed by atoms with Crippen LogP contribution in [0.15, 0.2) is 106 Å². The first-order chi connectivity index (χ1) is 18.1. The molecule has 7 heteroatoms. The van der Waals surface area contributed by atoms with Crippen molar-refractivity contribution in [3.05, 3.63) is 113 Å². The van der Waals surface area contributed by atoms with Crippen molar-refractivity contribution in [1.29, 1.82) is 0 Å². The average molecular weight is 506 g/mol. The molecule has 1 amide bonds. The quantitative estimate of drug-likeness (QED) is 0.323. The summed E-state index contributed by atoms with van der Waals surface area (Å²) in [5, 5.41) is 19.2. The fraction of sp³-hybridized carbons (Fsp3) is 0.100. The molecule has 2 heterocycles. The van der Waals surface area contributed by atoms with E-state index >= 15 is 0 Å².